The predicted molar refractivity (Wildman–Crippen MR) is 82.7 cm³/mol. The molecule has 6 heteroatoms. The molecule has 0 aliphatic carbocycles. The van der Waals surface area contributed by atoms with Gasteiger partial charge in [0.15, 0.2) is 11.5 Å². The van der Waals surface area contributed by atoms with Crippen LogP contribution in [0.15, 0.2) is 36.5 Å². The third-order valence-electron chi connectivity index (χ3n) is 3.07. The zero-order valence-electron chi connectivity index (χ0n) is 12.4. The Morgan fingerprint density at radius 1 is 1.14 bits per heavy atom. The van der Waals surface area contributed by atoms with Gasteiger partial charge in [0.2, 0.25) is 6.79 Å². The molecular weight excluding hydrogens is 282 g/mol. The first-order chi connectivity index (χ1) is 10.6. The van der Waals surface area contributed by atoms with Crippen LogP contribution in [0.2, 0.25) is 0 Å². The van der Waals surface area contributed by atoms with Crippen molar-refractivity contribution in [3.05, 3.63) is 42.2 Å². The molecule has 6 nitrogen and oxygen atoms in total. The second-order valence-electron chi connectivity index (χ2n) is 5.25. The van der Waals surface area contributed by atoms with Gasteiger partial charge in [0.1, 0.15) is 5.69 Å². The van der Waals surface area contributed by atoms with Crippen LogP contribution in [0.25, 0.3) is 0 Å². The van der Waals surface area contributed by atoms with Gasteiger partial charge in [-0.3, -0.25) is 9.78 Å². The van der Waals surface area contributed by atoms with Gasteiger partial charge in [-0.2, -0.15) is 0 Å². The Bertz CT molecular complexity index is 701. The number of benzene rings is 1. The van der Waals surface area contributed by atoms with Crippen molar-refractivity contribution in [2.24, 2.45) is 0 Å². The van der Waals surface area contributed by atoms with Gasteiger partial charge in [0.25, 0.3) is 5.91 Å². The summed E-state index contributed by atoms with van der Waals surface area (Å²) in [5.74, 6) is 1.25. The molecule has 0 saturated carbocycles. The first-order valence-electron chi connectivity index (χ1n) is 7.05. The van der Waals surface area contributed by atoms with Gasteiger partial charge >= 0.3 is 0 Å². The van der Waals surface area contributed by atoms with Gasteiger partial charge in [-0.25, -0.2) is 0 Å². The van der Waals surface area contributed by atoms with E-state index < -0.39 is 0 Å². The fourth-order valence-electron chi connectivity index (χ4n) is 2.11. The second kappa shape index (κ2) is 5.93. The van der Waals surface area contributed by atoms with Crippen molar-refractivity contribution < 1.29 is 14.3 Å². The number of aromatic nitrogens is 1. The number of pyridine rings is 1. The molecule has 0 bridgehead atoms. The number of fused-ring (bicyclic) bond motifs is 1. The van der Waals surface area contributed by atoms with E-state index in [1.54, 1.807) is 18.3 Å². The zero-order chi connectivity index (χ0) is 15.5. The van der Waals surface area contributed by atoms with Crippen LogP contribution >= 0.6 is 0 Å². The number of hydrogen-bond acceptors (Lipinski definition) is 5. The molecule has 1 aliphatic rings. The highest BCUT2D eigenvalue weighted by atomic mass is 16.7. The maximum atomic E-state index is 12.0. The normalized spacial score (nSPS) is 12.3. The Hall–Kier alpha value is -2.76. The molecule has 114 valence electrons. The maximum Gasteiger partial charge on any atom is 0.270 e. The molecule has 2 heterocycles. The van der Waals surface area contributed by atoms with Crippen LogP contribution in [0, 0.1) is 0 Å². The van der Waals surface area contributed by atoms with Crippen molar-refractivity contribution in [3.8, 4) is 11.5 Å². The van der Waals surface area contributed by atoms with Crippen LogP contribution in [0.1, 0.15) is 24.3 Å². The van der Waals surface area contributed by atoms with E-state index >= 15 is 0 Å². The van der Waals surface area contributed by atoms with Gasteiger partial charge in [-0.1, -0.05) is 0 Å². The minimum atomic E-state index is -0.190. The Morgan fingerprint density at radius 2 is 1.91 bits per heavy atom. The van der Waals surface area contributed by atoms with Crippen molar-refractivity contribution in [2.75, 3.05) is 12.1 Å². The Labute approximate surface area is 128 Å². The van der Waals surface area contributed by atoms with E-state index in [9.17, 15) is 4.79 Å². The van der Waals surface area contributed by atoms with Crippen molar-refractivity contribution in [1.82, 2.24) is 10.3 Å². The summed E-state index contributed by atoms with van der Waals surface area (Å²) in [6, 6.07) is 9.18. The quantitative estimate of drug-likeness (QED) is 0.908. The van der Waals surface area contributed by atoms with Crippen LogP contribution in [-0.4, -0.2) is 23.7 Å². The molecule has 3 rings (SSSR count). The Morgan fingerprint density at radius 3 is 2.73 bits per heavy atom. The number of carbonyl (C=O) groups is 1. The monoisotopic (exact) mass is 299 g/mol. The molecule has 0 atom stereocenters. The summed E-state index contributed by atoms with van der Waals surface area (Å²) >= 11 is 0. The molecule has 0 saturated heterocycles. The lowest BCUT2D eigenvalue weighted by Crippen LogP contribution is -2.30. The van der Waals surface area contributed by atoms with Gasteiger partial charge in [0, 0.05) is 29.7 Å². The molecule has 1 aliphatic heterocycles. The maximum absolute atomic E-state index is 12.0. The number of ether oxygens (including phenoxy) is 2. The number of nitrogens with zero attached hydrogens (tertiary/aromatic N) is 1. The molecule has 0 radical (unpaired) electrons. The van der Waals surface area contributed by atoms with E-state index in [1.807, 2.05) is 32.0 Å². The van der Waals surface area contributed by atoms with Crippen LogP contribution in [0.5, 0.6) is 11.5 Å². The fourth-order valence-corrected chi connectivity index (χ4v) is 2.11. The van der Waals surface area contributed by atoms with Crippen molar-refractivity contribution in [3.63, 3.8) is 0 Å². The van der Waals surface area contributed by atoms with E-state index in [0.29, 0.717) is 11.4 Å². The number of amides is 1. The highest BCUT2D eigenvalue weighted by molar-refractivity contribution is 5.93. The largest absolute Gasteiger partial charge is 0.454 e. The summed E-state index contributed by atoms with van der Waals surface area (Å²) < 4.78 is 10.6. The topological polar surface area (TPSA) is 72.5 Å². The van der Waals surface area contributed by atoms with Crippen molar-refractivity contribution in [1.29, 1.82) is 0 Å². The highest BCUT2D eigenvalue weighted by Gasteiger charge is 2.14. The first-order valence-corrected chi connectivity index (χ1v) is 7.05. The molecule has 0 fully saturated rings. The second-order valence-corrected chi connectivity index (χ2v) is 5.25. The smallest absolute Gasteiger partial charge is 0.270 e. The van der Waals surface area contributed by atoms with Crippen LogP contribution in [0.4, 0.5) is 11.4 Å². The number of rotatable bonds is 4. The number of nitrogens with one attached hydrogen (secondary N) is 2. The minimum absolute atomic E-state index is 0.0692. The average molecular weight is 299 g/mol. The average Bonchev–Trinajstić information content (AvgIpc) is 2.94. The van der Waals surface area contributed by atoms with Gasteiger partial charge in [-0.15, -0.1) is 0 Å². The lowest BCUT2D eigenvalue weighted by atomic mass is 10.2. The highest BCUT2D eigenvalue weighted by Crippen LogP contribution is 2.35. The molecule has 1 amide bonds. The summed E-state index contributed by atoms with van der Waals surface area (Å²) in [6.07, 6.45) is 1.60. The molecule has 2 N–H and O–H groups in total. The minimum Gasteiger partial charge on any atom is -0.454 e. The lowest BCUT2D eigenvalue weighted by Gasteiger charge is -2.10. The van der Waals surface area contributed by atoms with Gasteiger partial charge in [-0.05, 0) is 38.1 Å². The Balaban J connectivity index is 1.77. The van der Waals surface area contributed by atoms with Gasteiger partial charge < -0.3 is 20.1 Å². The fraction of sp³-hybridized carbons (Fsp3) is 0.250. The van der Waals surface area contributed by atoms with Crippen molar-refractivity contribution in [2.45, 2.75) is 19.9 Å². The number of anilines is 2. The molecule has 0 spiro atoms. The molecular formula is C16H17N3O3. The third-order valence-corrected chi connectivity index (χ3v) is 3.07. The molecule has 0 unspecified atom stereocenters. The first kappa shape index (κ1) is 14.2. The molecule has 1 aromatic carbocycles. The van der Waals surface area contributed by atoms with Crippen LogP contribution in [0.3, 0.4) is 0 Å². The van der Waals surface area contributed by atoms with Gasteiger partial charge in [0.05, 0.1) is 0 Å². The van der Waals surface area contributed by atoms with Crippen LogP contribution < -0.4 is 20.1 Å². The van der Waals surface area contributed by atoms with E-state index in [0.717, 1.165) is 17.1 Å². The van der Waals surface area contributed by atoms with E-state index in [1.165, 1.54) is 0 Å². The van der Waals surface area contributed by atoms with Crippen molar-refractivity contribution >= 4 is 17.3 Å². The number of carbonyl (C=O) groups excluding carboxylic acids is 1. The molecule has 22 heavy (non-hydrogen) atoms. The third kappa shape index (κ3) is 3.11. The summed E-state index contributed by atoms with van der Waals surface area (Å²) in [6.45, 7) is 4.06. The van der Waals surface area contributed by atoms with E-state index in [-0.39, 0.29) is 18.7 Å². The summed E-state index contributed by atoms with van der Waals surface area (Å²) in [4.78, 5) is 16.1. The standard InChI is InChI=1S/C16H17N3O3/c1-10(2)18-16(20)13-7-12(5-6-17-13)19-11-3-4-14-15(8-11)22-9-21-14/h3-8,10H,9H2,1-2H3,(H,17,19)(H,18,20). The summed E-state index contributed by atoms with van der Waals surface area (Å²) in [7, 11) is 0. The summed E-state index contributed by atoms with van der Waals surface area (Å²) in [5, 5.41) is 6.05. The van der Waals surface area contributed by atoms with E-state index in [2.05, 4.69) is 15.6 Å². The lowest BCUT2D eigenvalue weighted by molar-refractivity contribution is 0.0938. The number of hydrogen-bond donors (Lipinski definition) is 2. The molecule has 1 aromatic heterocycles. The molecule has 2 aromatic rings. The van der Waals surface area contributed by atoms with E-state index in [4.69, 9.17) is 9.47 Å². The van der Waals surface area contributed by atoms with Crippen LogP contribution in [-0.2, 0) is 0 Å². The predicted octanol–water partition coefficient (Wildman–Crippen LogP) is 2.69. The summed E-state index contributed by atoms with van der Waals surface area (Å²) in [5.41, 5.74) is 2.01. The SMILES string of the molecule is CC(C)NC(=O)c1cc(Nc2ccc3c(c2)OCO3)ccn1. The zero-order valence-corrected chi connectivity index (χ0v) is 12.4. The Kier molecular flexibility index (Phi) is 3.82.